The van der Waals surface area contributed by atoms with E-state index in [1.54, 1.807) is 58.8 Å². The first-order valence-electron chi connectivity index (χ1n) is 7.79. The minimum Gasteiger partial charge on any atom is -0.497 e. The number of Topliss-reactive ketones (excluding diaryl/α,β-unsaturated/α-hetero) is 1. The van der Waals surface area contributed by atoms with Gasteiger partial charge >= 0.3 is 0 Å². The second-order valence-corrected chi connectivity index (χ2v) is 5.55. The second kappa shape index (κ2) is 6.93. The Hall–Kier alpha value is -2.89. The molecule has 0 fully saturated rings. The van der Waals surface area contributed by atoms with E-state index in [4.69, 9.17) is 23.7 Å². The van der Waals surface area contributed by atoms with Crippen LogP contribution in [0.2, 0.25) is 0 Å². The number of ether oxygens (including phenoxy) is 5. The summed E-state index contributed by atoms with van der Waals surface area (Å²) in [5, 5.41) is 0. The number of fused-ring (bicyclic) bond motifs is 1. The van der Waals surface area contributed by atoms with Crippen LogP contribution < -0.4 is 23.7 Å². The molecule has 1 atom stereocenters. The van der Waals surface area contributed by atoms with Gasteiger partial charge in [0.2, 0.25) is 5.75 Å². The predicted octanol–water partition coefficient (Wildman–Crippen LogP) is 3.43. The molecule has 0 aromatic heterocycles. The molecular formula is C19H20O6. The summed E-state index contributed by atoms with van der Waals surface area (Å²) < 4.78 is 27.4. The molecule has 2 aromatic rings. The number of methoxy groups -OCH3 is 4. The molecule has 132 valence electrons. The zero-order valence-electron chi connectivity index (χ0n) is 14.6. The molecule has 1 aliphatic rings. The number of hydrogen-bond acceptors (Lipinski definition) is 6. The first-order valence-corrected chi connectivity index (χ1v) is 7.79. The monoisotopic (exact) mass is 344 g/mol. The molecular weight excluding hydrogens is 324 g/mol. The fourth-order valence-electron chi connectivity index (χ4n) is 2.90. The van der Waals surface area contributed by atoms with Gasteiger partial charge in [-0.2, -0.15) is 0 Å². The lowest BCUT2D eigenvalue weighted by molar-refractivity contribution is 0.0848. The van der Waals surface area contributed by atoms with Gasteiger partial charge in [-0.15, -0.1) is 0 Å². The van der Waals surface area contributed by atoms with Crippen LogP contribution in [0.15, 0.2) is 30.3 Å². The van der Waals surface area contributed by atoms with Crippen LogP contribution in [-0.4, -0.2) is 34.2 Å². The minimum atomic E-state index is -0.444. The number of hydrogen-bond donors (Lipinski definition) is 0. The quantitative estimate of drug-likeness (QED) is 0.828. The Bertz CT molecular complexity index is 773. The third-order valence-corrected chi connectivity index (χ3v) is 4.19. The van der Waals surface area contributed by atoms with Gasteiger partial charge in [0, 0.05) is 11.6 Å². The van der Waals surface area contributed by atoms with Crippen LogP contribution in [0.25, 0.3) is 0 Å². The number of benzene rings is 2. The minimum absolute atomic E-state index is 0.0163. The first-order chi connectivity index (χ1) is 12.1. The van der Waals surface area contributed by atoms with Crippen LogP contribution >= 0.6 is 0 Å². The van der Waals surface area contributed by atoms with Crippen LogP contribution in [0.4, 0.5) is 0 Å². The van der Waals surface area contributed by atoms with E-state index in [9.17, 15) is 4.79 Å². The van der Waals surface area contributed by atoms with E-state index in [0.29, 0.717) is 34.3 Å². The summed E-state index contributed by atoms with van der Waals surface area (Å²) in [6.07, 6.45) is -0.210. The summed E-state index contributed by atoms with van der Waals surface area (Å²) in [5.41, 5.74) is 1.33. The third kappa shape index (κ3) is 3.07. The number of ketones is 1. The highest BCUT2D eigenvalue weighted by atomic mass is 16.5. The average molecular weight is 344 g/mol. The van der Waals surface area contributed by atoms with Gasteiger partial charge in [0.25, 0.3) is 0 Å². The van der Waals surface area contributed by atoms with Crippen LogP contribution in [0.5, 0.6) is 28.7 Å². The average Bonchev–Trinajstić information content (AvgIpc) is 2.65. The summed E-state index contributed by atoms with van der Waals surface area (Å²) in [6, 6.07) is 8.79. The number of rotatable bonds is 5. The topological polar surface area (TPSA) is 63.2 Å². The molecule has 1 heterocycles. The van der Waals surface area contributed by atoms with Gasteiger partial charge in [-0.1, -0.05) is 0 Å². The standard InChI is InChI=1S/C19H20O6/c1-21-12-5-6-13-14(20)10-15(25-16(13)9-12)11-7-17(22-2)19(24-4)18(8-11)23-3/h5-9,15H,10H2,1-4H3/t15-/m0/s1. The largest absolute Gasteiger partial charge is 0.497 e. The zero-order valence-corrected chi connectivity index (χ0v) is 14.6. The Morgan fingerprint density at radius 1 is 0.920 bits per heavy atom. The first kappa shape index (κ1) is 17.0. The van der Waals surface area contributed by atoms with Crippen molar-refractivity contribution in [3.05, 3.63) is 41.5 Å². The lowest BCUT2D eigenvalue weighted by atomic mass is 9.95. The Kier molecular flexibility index (Phi) is 4.70. The zero-order chi connectivity index (χ0) is 18.0. The van der Waals surface area contributed by atoms with Gasteiger partial charge in [0.15, 0.2) is 17.3 Å². The van der Waals surface area contributed by atoms with E-state index >= 15 is 0 Å². The smallest absolute Gasteiger partial charge is 0.203 e. The Morgan fingerprint density at radius 3 is 2.16 bits per heavy atom. The van der Waals surface area contributed by atoms with Gasteiger partial charge in [-0.05, 0) is 24.3 Å². The van der Waals surface area contributed by atoms with Crippen molar-refractivity contribution >= 4 is 5.78 Å². The van der Waals surface area contributed by atoms with Crippen LogP contribution in [-0.2, 0) is 0 Å². The fraction of sp³-hybridized carbons (Fsp3) is 0.316. The van der Waals surface area contributed by atoms with Crippen LogP contribution in [0, 0.1) is 0 Å². The molecule has 0 saturated carbocycles. The summed E-state index contributed by atoms with van der Waals surface area (Å²) >= 11 is 0. The summed E-state index contributed by atoms with van der Waals surface area (Å²) in [4.78, 5) is 12.5. The maximum Gasteiger partial charge on any atom is 0.203 e. The van der Waals surface area contributed by atoms with E-state index in [1.165, 1.54) is 0 Å². The molecule has 6 nitrogen and oxygen atoms in total. The highest BCUT2D eigenvalue weighted by Gasteiger charge is 2.29. The number of carbonyl (C=O) groups is 1. The van der Waals surface area contributed by atoms with Gasteiger partial charge in [0.1, 0.15) is 17.6 Å². The molecule has 0 N–H and O–H groups in total. The van der Waals surface area contributed by atoms with Gasteiger partial charge in [-0.25, -0.2) is 0 Å². The maximum atomic E-state index is 12.5. The van der Waals surface area contributed by atoms with E-state index in [0.717, 1.165) is 5.56 Å². The number of carbonyl (C=O) groups excluding carboxylic acids is 1. The molecule has 1 aliphatic heterocycles. The van der Waals surface area contributed by atoms with E-state index < -0.39 is 6.10 Å². The molecule has 0 spiro atoms. The summed E-state index contributed by atoms with van der Waals surface area (Å²) in [5.74, 6) is 2.70. The molecule has 0 amide bonds. The van der Waals surface area contributed by atoms with Crippen molar-refractivity contribution in [2.45, 2.75) is 12.5 Å². The molecule has 0 aliphatic carbocycles. The normalized spacial score (nSPS) is 15.8. The van der Waals surface area contributed by atoms with Gasteiger partial charge < -0.3 is 23.7 Å². The second-order valence-electron chi connectivity index (χ2n) is 5.55. The third-order valence-electron chi connectivity index (χ3n) is 4.19. The van der Waals surface area contributed by atoms with E-state index in [2.05, 4.69) is 0 Å². The van der Waals surface area contributed by atoms with Crippen molar-refractivity contribution in [1.29, 1.82) is 0 Å². The van der Waals surface area contributed by atoms with Gasteiger partial charge in [-0.3, -0.25) is 4.79 Å². The van der Waals surface area contributed by atoms with Crippen molar-refractivity contribution in [2.24, 2.45) is 0 Å². The van der Waals surface area contributed by atoms with Gasteiger partial charge in [0.05, 0.1) is 40.4 Å². The highest BCUT2D eigenvalue weighted by Crippen LogP contribution is 2.43. The van der Waals surface area contributed by atoms with Crippen molar-refractivity contribution in [3.8, 4) is 28.7 Å². The van der Waals surface area contributed by atoms with Crippen molar-refractivity contribution in [2.75, 3.05) is 28.4 Å². The Labute approximate surface area is 146 Å². The van der Waals surface area contributed by atoms with Crippen molar-refractivity contribution < 1.29 is 28.5 Å². The van der Waals surface area contributed by atoms with Crippen LogP contribution in [0.3, 0.4) is 0 Å². The summed E-state index contributed by atoms with van der Waals surface area (Å²) in [7, 11) is 6.22. The molecule has 25 heavy (non-hydrogen) atoms. The molecule has 6 heteroatoms. The summed E-state index contributed by atoms with van der Waals surface area (Å²) in [6.45, 7) is 0. The van der Waals surface area contributed by atoms with E-state index in [-0.39, 0.29) is 12.2 Å². The molecule has 0 radical (unpaired) electrons. The highest BCUT2D eigenvalue weighted by molar-refractivity contribution is 6.00. The Balaban J connectivity index is 2.01. The molecule has 3 rings (SSSR count). The maximum absolute atomic E-state index is 12.5. The van der Waals surface area contributed by atoms with Crippen molar-refractivity contribution in [1.82, 2.24) is 0 Å². The fourth-order valence-corrected chi connectivity index (χ4v) is 2.90. The van der Waals surface area contributed by atoms with Crippen molar-refractivity contribution in [3.63, 3.8) is 0 Å². The lowest BCUT2D eigenvalue weighted by Crippen LogP contribution is -2.20. The SMILES string of the molecule is COc1ccc2c(c1)O[C@H](c1cc(OC)c(OC)c(OC)c1)CC2=O. The molecule has 2 aromatic carbocycles. The molecule has 0 saturated heterocycles. The molecule has 0 unspecified atom stereocenters. The Morgan fingerprint density at radius 2 is 1.60 bits per heavy atom. The predicted molar refractivity (Wildman–Crippen MR) is 91.4 cm³/mol. The molecule has 0 bridgehead atoms. The van der Waals surface area contributed by atoms with E-state index in [1.807, 2.05) is 0 Å². The lowest BCUT2D eigenvalue weighted by Gasteiger charge is -2.26. The van der Waals surface area contributed by atoms with Crippen LogP contribution in [0.1, 0.15) is 28.4 Å².